The van der Waals surface area contributed by atoms with Gasteiger partial charge in [-0.15, -0.1) is 0 Å². The second kappa shape index (κ2) is 4.88. The molecular weight excluding hydrogens is 291 g/mol. The topological polar surface area (TPSA) is 52.5 Å². The van der Waals surface area contributed by atoms with E-state index in [0.717, 1.165) is 23.2 Å². The molecule has 1 aromatic carbocycles. The second-order valence-corrected chi connectivity index (χ2v) is 4.94. The Bertz CT molecular complexity index is 901. The van der Waals surface area contributed by atoms with Gasteiger partial charge in [-0.2, -0.15) is 18.4 Å². The lowest BCUT2D eigenvalue weighted by Crippen LogP contribution is -2.07. The van der Waals surface area contributed by atoms with Crippen LogP contribution in [0, 0.1) is 18.3 Å². The van der Waals surface area contributed by atoms with Crippen molar-refractivity contribution in [3.8, 4) is 17.3 Å². The molecule has 0 aliphatic heterocycles. The van der Waals surface area contributed by atoms with Crippen LogP contribution in [-0.2, 0) is 6.18 Å². The highest BCUT2D eigenvalue weighted by Crippen LogP contribution is 2.38. The molecule has 22 heavy (non-hydrogen) atoms. The first-order valence-electron chi connectivity index (χ1n) is 6.46. The Balaban J connectivity index is 2.26. The summed E-state index contributed by atoms with van der Waals surface area (Å²) in [5, 5.41) is 9.64. The third kappa shape index (κ3) is 2.42. The zero-order valence-electron chi connectivity index (χ0n) is 11.5. The van der Waals surface area contributed by atoms with Crippen LogP contribution >= 0.6 is 0 Å². The third-order valence-electron chi connectivity index (χ3n) is 3.36. The van der Waals surface area contributed by atoms with Crippen molar-refractivity contribution in [1.82, 2.24) is 9.97 Å². The number of nitriles is 1. The standard InChI is InChI=1S/C16H10F3N3/c1-9-2-4-11-7-14(22-15(11)21-9)12-6-10(8-20)3-5-13(12)16(17,18)19/h2-7H,1H3,(H,21,22). The van der Waals surface area contributed by atoms with Gasteiger partial charge < -0.3 is 4.98 Å². The van der Waals surface area contributed by atoms with Gasteiger partial charge in [0.1, 0.15) is 5.65 Å². The third-order valence-corrected chi connectivity index (χ3v) is 3.36. The molecule has 0 aliphatic carbocycles. The summed E-state index contributed by atoms with van der Waals surface area (Å²) in [6.07, 6.45) is -4.50. The number of aryl methyl sites for hydroxylation is 1. The summed E-state index contributed by atoms with van der Waals surface area (Å²) in [5.74, 6) is 0. The van der Waals surface area contributed by atoms with E-state index in [1.54, 1.807) is 25.1 Å². The van der Waals surface area contributed by atoms with Crippen molar-refractivity contribution in [2.45, 2.75) is 13.1 Å². The van der Waals surface area contributed by atoms with Crippen LogP contribution in [0.2, 0.25) is 0 Å². The molecule has 0 saturated carbocycles. The first-order valence-corrected chi connectivity index (χ1v) is 6.46. The summed E-state index contributed by atoms with van der Waals surface area (Å²) in [5.41, 5.74) is 0.911. The summed E-state index contributed by atoms with van der Waals surface area (Å²) < 4.78 is 39.5. The lowest BCUT2D eigenvalue weighted by Gasteiger charge is -2.12. The minimum Gasteiger partial charge on any atom is -0.339 e. The van der Waals surface area contributed by atoms with Crippen molar-refractivity contribution >= 4 is 11.0 Å². The van der Waals surface area contributed by atoms with Gasteiger partial charge in [0.2, 0.25) is 0 Å². The fourth-order valence-corrected chi connectivity index (χ4v) is 2.33. The van der Waals surface area contributed by atoms with Gasteiger partial charge in [0.05, 0.1) is 17.2 Å². The molecule has 3 nitrogen and oxygen atoms in total. The lowest BCUT2D eigenvalue weighted by molar-refractivity contribution is -0.137. The fourth-order valence-electron chi connectivity index (χ4n) is 2.33. The van der Waals surface area contributed by atoms with E-state index < -0.39 is 11.7 Å². The smallest absolute Gasteiger partial charge is 0.339 e. The number of halogens is 3. The van der Waals surface area contributed by atoms with E-state index in [1.165, 1.54) is 6.07 Å². The normalized spacial score (nSPS) is 11.6. The number of rotatable bonds is 1. The first-order chi connectivity index (χ1) is 10.4. The number of alkyl halides is 3. The molecule has 0 atom stereocenters. The number of benzene rings is 1. The van der Waals surface area contributed by atoms with Gasteiger partial charge in [-0.25, -0.2) is 4.98 Å². The highest BCUT2D eigenvalue weighted by atomic mass is 19.4. The molecular formula is C16H10F3N3. The average Bonchev–Trinajstić information content (AvgIpc) is 2.88. The number of fused-ring (bicyclic) bond motifs is 1. The number of hydrogen-bond acceptors (Lipinski definition) is 2. The number of nitrogens with zero attached hydrogens (tertiary/aromatic N) is 2. The monoisotopic (exact) mass is 301 g/mol. The Labute approximate surface area is 124 Å². The average molecular weight is 301 g/mol. The molecule has 0 radical (unpaired) electrons. The van der Waals surface area contributed by atoms with Gasteiger partial charge in [-0.3, -0.25) is 0 Å². The van der Waals surface area contributed by atoms with Crippen molar-refractivity contribution in [3.05, 3.63) is 53.2 Å². The molecule has 0 amide bonds. The van der Waals surface area contributed by atoms with Gasteiger partial charge in [0, 0.05) is 22.3 Å². The van der Waals surface area contributed by atoms with E-state index in [9.17, 15) is 13.2 Å². The molecule has 2 aromatic heterocycles. The zero-order valence-corrected chi connectivity index (χ0v) is 11.5. The number of pyridine rings is 1. The summed E-state index contributed by atoms with van der Waals surface area (Å²) >= 11 is 0. The highest BCUT2D eigenvalue weighted by molar-refractivity contribution is 5.84. The molecule has 0 bridgehead atoms. The molecule has 0 unspecified atom stereocenters. The van der Waals surface area contributed by atoms with Crippen molar-refractivity contribution in [2.24, 2.45) is 0 Å². The predicted octanol–water partition coefficient (Wildman–Crippen LogP) is 4.43. The SMILES string of the molecule is Cc1ccc2cc(-c3cc(C#N)ccc3C(F)(F)F)[nH]c2n1. The number of nitrogens with one attached hydrogen (secondary N) is 1. The maximum Gasteiger partial charge on any atom is 0.417 e. The molecule has 3 rings (SSSR count). The Morgan fingerprint density at radius 1 is 1.14 bits per heavy atom. The van der Waals surface area contributed by atoms with Gasteiger partial charge in [-0.1, -0.05) is 0 Å². The van der Waals surface area contributed by atoms with E-state index >= 15 is 0 Å². The second-order valence-electron chi connectivity index (χ2n) is 4.94. The first kappa shape index (κ1) is 14.1. The summed E-state index contributed by atoms with van der Waals surface area (Å²) in [6, 6.07) is 10.4. The molecule has 110 valence electrons. The largest absolute Gasteiger partial charge is 0.417 e. The van der Waals surface area contributed by atoms with Crippen LogP contribution in [0.1, 0.15) is 16.8 Å². The summed E-state index contributed by atoms with van der Waals surface area (Å²) in [7, 11) is 0. The van der Waals surface area contributed by atoms with Crippen LogP contribution < -0.4 is 0 Å². The molecule has 0 fully saturated rings. The van der Waals surface area contributed by atoms with Gasteiger partial charge >= 0.3 is 6.18 Å². The highest BCUT2D eigenvalue weighted by Gasteiger charge is 2.34. The predicted molar refractivity (Wildman–Crippen MR) is 76.0 cm³/mol. The Morgan fingerprint density at radius 3 is 2.59 bits per heavy atom. The van der Waals surface area contributed by atoms with Crippen LogP contribution in [0.25, 0.3) is 22.3 Å². The number of aromatic nitrogens is 2. The molecule has 2 heterocycles. The maximum atomic E-state index is 13.2. The van der Waals surface area contributed by atoms with E-state index in [4.69, 9.17) is 5.26 Å². The van der Waals surface area contributed by atoms with E-state index in [0.29, 0.717) is 5.65 Å². The van der Waals surface area contributed by atoms with Crippen LogP contribution in [0.4, 0.5) is 13.2 Å². The fraction of sp³-hybridized carbons (Fsp3) is 0.125. The van der Waals surface area contributed by atoms with Crippen molar-refractivity contribution < 1.29 is 13.2 Å². The maximum absolute atomic E-state index is 13.2. The number of aromatic amines is 1. The van der Waals surface area contributed by atoms with Crippen molar-refractivity contribution in [1.29, 1.82) is 5.26 Å². The minimum absolute atomic E-state index is 0.0535. The zero-order chi connectivity index (χ0) is 15.9. The van der Waals surface area contributed by atoms with Crippen LogP contribution in [0.3, 0.4) is 0 Å². The molecule has 0 aliphatic rings. The molecule has 1 N–H and O–H groups in total. The van der Waals surface area contributed by atoms with Gasteiger partial charge in [-0.05, 0) is 43.3 Å². The molecule has 3 aromatic rings. The quantitative estimate of drug-likeness (QED) is 0.723. The number of H-pyrrole nitrogens is 1. The van der Waals surface area contributed by atoms with Gasteiger partial charge in [0.25, 0.3) is 0 Å². The Kier molecular flexibility index (Phi) is 3.14. The number of hydrogen-bond donors (Lipinski definition) is 1. The Hall–Kier alpha value is -2.81. The minimum atomic E-state index is -4.50. The molecule has 6 heteroatoms. The van der Waals surface area contributed by atoms with Crippen molar-refractivity contribution in [3.63, 3.8) is 0 Å². The van der Waals surface area contributed by atoms with Gasteiger partial charge in [0.15, 0.2) is 0 Å². The molecule has 0 saturated heterocycles. The summed E-state index contributed by atoms with van der Waals surface area (Å²) in [6.45, 7) is 1.80. The van der Waals surface area contributed by atoms with E-state index in [2.05, 4.69) is 9.97 Å². The van der Waals surface area contributed by atoms with E-state index in [1.807, 2.05) is 6.07 Å². The van der Waals surface area contributed by atoms with Crippen LogP contribution in [0.5, 0.6) is 0 Å². The van der Waals surface area contributed by atoms with Crippen LogP contribution in [0.15, 0.2) is 36.4 Å². The van der Waals surface area contributed by atoms with Crippen molar-refractivity contribution in [2.75, 3.05) is 0 Å². The van der Waals surface area contributed by atoms with Crippen LogP contribution in [-0.4, -0.2) is 9.97 Å². The summed E-state index contributed by atoms with van der Waals surface area (Å²) in [4.78, 5) is 7.15. The Morgan fingerprint density at radius 2 is 1.91 bits per heavy atom. The lowest BCUT2D eigenvalue weighted by atomic mass is 10.0. The van der Waals surface area contributed by atoms with E-state index in [-0.39, 0.29) is 16.8 Å². The molecule has 0 spiro atoms.